The average molecular weight is 578 g/mol. The van der Waals surface area contributed by atoms with Crippen LogP contribution in [0.4, 0.5) is 14.5 Å². The van der Waals surface area contributed by atoms with Crippen molar-refractivity contribution in [1.29, 1.82) is 0 Å². The number of halogens is 3. The number of carbonyl (C=O) groups is 1. The topological polar surface area (TPSA) is 99.6 Å². The van der Waals surface area contributed by atoms with E-state index in [1.165, 1.54) is 18.6 Å². The van der Waals surface area contributed by atoms with Crippen LogP contribution in [0.2, 0.25) is 5.02 Å². The second-order valence-corrected chi connectivity index (χ2v) is 10.7. The standard InChI is InChI=1S/C29H26ClF2N7O2/c1-16-5-3-8-24(17-6-4-7-18(9-17)27-23(36-28(16)41)14-35-39(27)29(31)32)38-15-33-22(12-25(38)40)21-11-20(30)10-19-13-34-37(2)26(19)21/h4,6-7,9-16,24,29H,3,5,8H2,1-2H3,(H,36,41)/t16-,24+/m1/s1. The Morgan fingerprint density at radius 2 is 1.90 bits per heavy atom. The summed E-state index contributed by atoms with van der Waals surface area (Å²) < 4.78 is 31.7. The molecular formula is C29H26ClF2N7O2. The summed E-state index contributed by atoms with van der Waals surface area (Å²) in [5.74, 6) is -0.656. The summed E-state index contributed by atoms with van der Waals surface area (Å²) in [4.78, 5) is 31.2. The largest absolute Gasteiger partial charge is 0.333 e. The predicted octanol–water partition coefficient (Wildman–Crippen LogP) is 6.06. The Morgan fingerprint density at radius 1 is 1.07 bits per heavy atom. The predicted molar refractivity (Wildman–Crippen MR) is 152 cm³/mol. The lowest BCUT2D eigenvalue weighted by molar-refractivity contribution is -0.119. The lowest BCUT2D eigenvalue weighted by atomic mass is 9.94. The summed E-state index contributed by atoms with van der Waals surface area (Å²) in [5, 5.41) is 12.2. The first-order valence-electron chi connectivity index (χ1n) is 13.2. The van der Waals surface area contributed by atoms with E-state index in [0.717, 1.165) is 16.5 Å². The molecule has 41 heavy (non-hydrogen) atoms. The highest BCUT2D eigenvalue weighted by atomic mass is 35.5. The number of fused-ring (bicyclic) bond motifs is 5. The number of hydrogen-bond donors (Lipinski definition) is 1. The van der Waals surface area contributed by atoms with Gasteiger partial charge in [0.05, 0.1) is 47.4 Å². The molecule has 5 aromatic rings. The van der Waals surface area contributed by atoms with Gasteiger partial charge in [-0.2, -0.15) is 19.0 Å². The van der Waals surface area contributed by atoms with Crippen molar-refractivity contribution in [3.8, 4) is 22.5 Å². The van der Waals surface area contributed by atoms with E-state index in [1.807, 2.05) is 13.1 Å². The highest BCUT2D eigenvalue weighted by molar-refractivity contribution is 6.31. The Morgan fingerprint density at radius 3 is 2.68 bits per heavy atom. The van der Waals surface area contributed by atoms with E-state index in [0.29, 0.717) is 45.8 Å². The highest BCUT2D eigenvalue weighted by Gasteiger charge is 2.25. The minimum absolute atomic E-state index is 0.101. The zero-order chi connectivity index (χ0) is 28.8. The van der Waals surface area contributed by atoms with Gasteiger partial charge in [-0.15, -0.1) is 0 Å². The smallest absolute Gasteiger partial charge is 0.323 e. The molecule has 0 saturated carbocycles. The van der Waals surface area contributed by atoms with E-state index in [-0.39, 0.29) is 28.8 Å². The molecule has 0 unspecified atom stereocenters. The van der Waals surface area contributed by atoms with Gasteiger partial charge >= 0.3 is 6.55 Å². The molecule has 0 radical (unpaired) electrons. The van der Waals surface area contributed by atoms with Crippen LogP contribution in [0.25, 0.3) is 33.4 Å². The molecule has 1 amide bonds. The van der Waals surface area contributed by atoms with Crippen LogP contribution in [0.1, 0.15) is 44.3 Å². The molecule has 2 bridgehead atoms. The van der Waals surface area contributed by atoms with Crippen molar-refractivity contribution in [2.24, 2.45) is 13.0 Å². The van der Waals surface area contributed by atoms with Crippen LogP contribution in [-0.2, 0) is 11.8 Å². The van der Waals surface area contributed by atoms with Crippen molar-refractivity contribution in [3.63, 3.8) is 0 Å². The van der Waals surface area contributed by atoms with Crippen molar-refractivity contribution < 1.29 is 13.6 Å². The zero-order valence-electron chi connectivity index (χ0n) is 22.3. The second kappa shape index (κ2) is 10.5. The molecule has 0 spiro atoms. The minimum Gasteiger partial charge on any atom is -0.323 e. The van der Waals surface area contributed by atoms with E-state index < -0.39 is 12.6 Å². The molecule has 0 aliphatic carbocycles. The minimum atomic E-state index is -2.91. The summed E-state index contributed by atoms with van der Waals surface area (Å²) in [6.45, 7) is -1.11. The quantitative estimate of drug-likeness (QED) is 0.281. The van der Waals surface area contributed by atoms with Crippen LogP contribution in [0, 0.1) is 5.92 Å². The third-order valence-electron chi connectivity index (χ3n) is 7.59. The van der Waals surface area contributed by atoms with Gasteiger partial charge in [0.25, 0.3) is 5.56 Å². The third kappa shape index (κ3) is 4.90. The maximum Gasteiger partial charge on any atom is 0.333 e. The average Bonchev–Trinajstić information content (AvgIpc) is 3.54. The number of rotatable bonds is 3. The number of benzene rings is 2. The summed E-state index contributed by atoms with van der Waals surface area (Å²) in [6.07, 6.45) is 6.17. The summed E-state index contributed by atoms with van der Waals surface area (Å²) in [6, 6.07) is 11.6. The van der Waals surface area contributed by atoms with Gasteiger partial charge in [-0.1, -0.05) is 43.1 Å². The normalized spacial score (nSPS) is 17.7. The van der Waals surface area contributed by atoms with E-state index in [9.17, 15) is 18.4 Å². The van der Waals surface area contributed by atoms with Crippen molar-refractivity contribution in [3.05, 3.63) is 82.1 Å². The fourth-order valence-electron chi connectivity index (χ4n) is 5.53. The molecule has 210 valence electrons. The van der Waals surface area contributed by atoms with Gasteiger partial charge in [-0.3, -0.25) is 18.8 Å². The molecule has 1 aliphatic rings. The van der Waals surface area contributed by atoms with Gasteiger partial charge in [0, 0.05) is 40.6 Å². The molecule has 2 aromatic carbocycles. The molecule has 0 saturated heterocycles. The first-order valence-corrected chi connectivity index (χ1v) is 13.6. The number of hydrogen-bond acceptors (Lipinski definition) is 5. The van der Waals surface area contributed by atoms with Crippen LogP contribution in [0.3, 0.4) is 0 Å². The maximum atomic E-state index is 13.9. The molecule has 12 heteroatoms. The Bertz CT molecular complexity index is 1840. The van der Waals surface area contributed by atoms with Crippen molar-refractivity contribution in [2.45, 2.75) is 38.8 Å². The monoisotopic (exact) mass is 577 g/mol. The molecule has 1 aliphatic heterocycles. The Hall–Kier alpha value is -4.38. The number of aryl methyl sites for hydroxylation is 1. The number of nitrogens with one attached hydrogen (secondary N) is 1. The zero-order valence-corrected chi connectivity index (χ0v) is 23.0. The van der Waals surface area contributed by atoms with Crippen LogP contribution < -0.4 is 10.9 Å². The van der Waals surface area contributed by atoms with Crippen molar-refractivity contribution >= 4 is 34.1 Å². The van der Waals surface area contributed by atoms with Crippen LogP contribution >= 0.6 is 11.6 Å². The first-order chi connectivity index (χ1) is 19.7. The number of aromatic nitrogens is 6. The van der Waals surface area contributed by atoms with Gasteiger partial charge in [0.15, 0.2) is 0 Å². The lowest BCUT2D eigenvalue weighted by Crippen LogP contribution is -2.26. The number of alkyl halides is 2. The fourth-order valence-corrected chi connectivity index (χ4v) is 5.75. The summed E-state index contributed by atoms with van der Waals surface area (Å²) in [5.41, 5.74) is 3.18. The molecule has 1 N–H and O–H groups in total. The number of anilines is 1. The lowest BCUT2D eigenvalue weighted by Gasteiger charge is -2.23. The third-order valence-corrected chi connectivity index (χ3v) is 7.81. The molecule has 9 nitrogen and oxygen atoms in total. The molecule has 3 aromatic heterocycles. The molecule has 2 atom stereocenters. The van der Waals surface area contributed by atoms with Crippen molar-refractivity contribution in [2.75, 3.05) is 5.32 Å². The number of carbonyl (C=O) groups excluding carboxylic acids is 1. The summed E-state index contributed by atoms with van der Waals surface area (Å²) in [7, 11) is 1.81. The van der Waals surface area contributed by atoms with E-state index >= 15 is 0 Å². The van der Waals surface area contributed by atoms with Gasteiger partial charge in [0.2, 0.25) is 5.91 Å². The second-order valence-electron chi connectivity index (χ2n) is 10.3. The molecule has 0 fully saturated rings. The Balaban J connectivity index is 1.47. The van der Waals surface area contributed by atoms with E-state index in [4.69, 9.17) is 11.6 Å². The van der Waals surface area contributed by atoms with Crippen LogP contribution in [-0.4, -0.2) is 35.0 Å². The number of amides is 1. The Kier molecular flexibility index (Phi) is 6.90. The van der Waals surface area contributed by atoms with Crippen LogP contribution in [0.15, 0.2) is 66.0 Å². The highest BCUT2D eigenvalue weighted by Crippen LogP contribution is 2.36. The van der Waals surface area contributed by atoms with E-state index in [2.05, 4.69) is 20.5 Å². The van der Waals surface area contributed by atoms with Gasteiger partial charge in [0.1, 0.15) is 0 Å². The molecule has 6 rings (SSSR count). The first kappa shape index (κ1) is 26.8. The van der Waals surface area contributed by atoms with Crippen LogP contribution in [0.5, 0.6) is 0 Å². The summed E-state index contributed by atoms with van der Waals surface area (Å²) >= 11 is 6.35. The van der Waals surface area contributed by atoms with E-state index in [1.54, 1.807) is 52.7 Å². The molecular weight excluding hydrogens is 552 g/mol. The van der Waals surface area contributed by atoms with Gasteiger partial charge in [-0.05, 0) is 36.6 Å². The van der Waals surface area contributed by atoms with Crippen molar-refractivity contribution in [1.82, 2.24) is 29.1 Å². The van der Waals surface area contributed by atoms with Gasteiger partial charge in [-0.25, -0.2) is 9.67 Å². The van der Waals surface area contributed by atoms with Gasteiger partial charge < -0.3 is 5.32 Å². The SMILES string of the molecule is C[C@@H]1CCC[C@H](n2cnc(-c3cc(Cl)cc4cnn(C)c34)cc2=O)c2cccc(c2)-c2c(cnn2C(F)F)NC1=O. The number of nitrogens with zero attached hydrogens (tertiary/aromatic N) is 6. The molecule has 4 heterocycles. The Labute approximate surface area is 238 Å². The fraction of sp³-hybridized carbons (Fsp3) is 0.276. The maximum absolute atomic E-state index is 13.9.